The van der Waals surface area contributed by atoms with E-state index >= 15 is 0 Å². The van der Waals surface area contributed by atoms with Gasteiger partial charge in [-0.3, -0.25) is 4.68 Å². The van der Waals surface area contributed by atoms with Gasteiger partial charge in [0, 0.05) is 11.5 Å². The zero-order valence-corrected chi connectivity index (χ0v) is 12.2. The molecule has 2 rings (SSSR count). The Balaban J connectivity index is 2.18. The summed E-state index contributed by atoms with van der Waals surface area (Å²) in [6, 6.07) is 3.36. The molecule has 0 aliphatic carbocycles. The Kier molecular flexibility index (Phi) is 3.97. The maximum atomic E-state index is 12.9. The highest BCUT2D eigenvalue weighted by Gasteiger charge is 2.18. The van der Waals surface area contributed by atoms with Crippen molar-refractivity contribution in [2.24, 2.45) is 7.05 Å². The van der Waals surface area contributed by atoms with Gasteiger partial charge in [0.2, 0.25) is 10.0 Å². The summed E-state index contributed by atoms with van der Waals surface area (Å²) >= 11 is 3.02. The Hall–Kier alpha value is -1.32. The summed E-state index contributed by atoms with van der Waals surface area (Å²) in [5, 5.41) is 3.95. The number of benzene rings is 1. The summed E-state index contributed by atoms with van der Waals surface area (Å²) in [6.07, 6.45) is 1.47. The van der Waals surface area contributed by atoms with Gasteiger partial charge >= 0.3 is 0 Å². The molecule has 1 aromatic carbocycles. The van der Waals surface area contributed by atoms with Crippen LogP contribution in [0.15, 0.2) is 33.9 Å². The Bertz CT molecular complexity index is 701. The standard InChI is InChI=1S/C10H10BrFN4O2S/c1-16-6-13-10(15-16)5-14-19(17,18)9-3-2-7(12)4-8(9)11/h2-4,6,14H,5H2,1H3. The highest BCUT2D eigenvalue weighted by molar-refractivity contribution is 9.10. The summed E-state index contributed by atoms with van der Waals surface area (Å²) in [6.45, 7) is -0.0347. The van der Waals surface area contributed by atoms with Crippen LogP contribution in [0.2, 0.25) is 0 Å². The van der Waals surface area contributed by atoms with Crippen LogP contribution in [0.5, 0.6) is 0 Å². The zero-order chi connectivity index (χ0) is 14.0. The van der Waals surface area contributed by atoms with E-state index in [-0.39, 0.29) is 15.9 Å². The van der Waals surface area contributed by atoms with E-state index in [4.69, 9.17) is 0 Å². The second-order valence-electron chi connectivity index (χ2n) is 3.73. The predicted molar refractivity (Wildman–Crippen MR) is 69.1 cm³/mol. The largest absolute Gasteiger partial charge is 0.256 e. The lowest BCUT2D eigenvalue weighted by molar-refractivity contribution is 0.577. The molecule has 0 unspecified atom stereocenters. The van der Waals surface area contributed by atoms with Crippen LogP contribution in [0.3, 0.4) is 0 Å². The van der Waals surface area contributed by atoms with Gasteiger partial charge in [0.1, 0.15) is 12.1 Å². The molecular formula is C10H10BrFN4O2S. The average Bonchev–Trinajstić information content (AvgIpc) is 2.72. The van der Waals surface area contributed by atoms with Gasteiger partial charge in [0.25, 0.3) is 0 Å². The summed E-state index contributed by atoms with van der Waals surface area (Å²) in [5.74, 6) is -0.165. The average molecular weight is 349 g/mol. The lowest BCUT2D eigenvalue weighted by Crippen LogP contribution is -2.24. The van der Waals surface area contributed by atoms with Crippen molar-refractivity contribution in [3.63, 3.8) is 0 Å². The van der Waals surface area contributed by atoms with Crippen molar-refractivity contribution in [1.29, 1.82) is 0 Å². The summed E-state index contributed by atoms with van der Waals surface area (Å²) < 4.78 is 40.9. The molecule has 0 aliphatic rings. The van der Waals surface area contributed by atoms with Crippen LogP contribution in [-0.4, -0.2) is 23.2 Å². The SMILES string of the molecule is Cn1cnc(CNS(=O)(=O)c2ccc(F)cc2Br)n1. The molecule has 0 radical (unpaired) electrons. The number of halogens is 2. The second-order valence-corrected chi connectivity index (χ2v) is 6.32. The molecule has 0 saturated carbocycles. The maximum Gasteiger partial charge on any atom is 0.242 e. The van der Waals surface area contributed by atoms with Crippen LogP contribution in [0.4, 0.5) is 4.39 Å². The number of hydrogen-bond acceptors (Lipinski definition) is 4. The quantitative estimate of drug-likeness (QED) is 0.900. The molecule has 19 heavy (non-hydrogen) atoms. The number of nitrogens with zero attached hydrogens (tertiary/aromatic N) is 3. The normalized spacial score (nSPS) is 11.7. The molecule has 0 fully saturated rings. The van der Waals surface area contributed by atoms with E-state index in [0.29, 0.717) is 5.82 Å². The van der Waals surface area contributed by atoms with Crippen molar-refractivity contribution in [2.75, 3.05) is 0 Å². The smallest absolute Gasteiger partial charge is 0.242 e. The van der Waals surface area contributed by atoms with Crippen molar-refractivity contribution in [3.05, 3.63) is 40.6 Å². The van der Waals surface area contributed by atoms with E-state index in [0.717, 1.165) is 12.1 Å². The minimum absolute atomic E-state index is 0.0347. The van der Waals surface area contributed by atoms with E-state index in [2.05, 4.69) is 30.7 Å². The highest BCUT2D eigenvalue weighted by Crippen LogP contribution is 2.22. The fraction of sp³-hybridized carbons (Fsp3) is 0.200. The molecule has 1 N–H and O–H groups in total. The number of aromatic nitrogens is 3. The third kappa shape index (κ3) is 3.37. The molecule has 0 spiro atoms. The van der Waals surface area contributed by atoms with Crippen molar-refractivity contribution in [3.8, 4) is 0 Å². The first kappa shape index (κ1) is 14.1. The molecule has 1 heterocycles. The fourth-order valence-electron chi connectivity index (χ4n) is 1.40. The topological polar surface area (TPSA) is 76.9 Å². The molecule has 0 aliphatic heterocycles. The maximum absolute atomic E-state index is 12.9. The Morgan fingerprint density at radius 3 is 2.79 bits per heavy atom. The first-order valence-corrected chi connectivity index (χ1v) is 7.45. The lowest BCUT2D eigenvalue weighted by Gasteiger charge is -2.07. The lowest BCUT2D eigenvalue weighted by atomic mass is 10.3. The second kappa shape index (κ2) is 5.35. The van der Waals surface area contributed by atoms with Crippen molar-refractivity contribution >= 4 is 26.0 Å². The molecule has 6 nitrogen and oxygen atoms in total. The monoisotopic (exact) mass is 348 g/mol. The van der Waals surface area contributed by atoms with Crippen LogP contribution in [-0.2, 0) is 23.6 Å². The van der Waals surface area contributed by atoms with Gasteiger partial charge in [-0.05, 0) is 34.1 Å². The molecule has 1 aromatic heterocycles. The van der Waals surface area contributed by atoms with Gasteiger partial charge in [-0.15, -0.1) is 0 Å². The van der Waals surface area contributed by atoms with Gasteiger partial charge in [-0.25, -0.2) is 22.5 Å². The van der Waals surface area contributed by atoms with Crippen LogP contribution < -0.4 is 4.72 Å². The molecule has 0 atom stereocenters. The van der Waals surface area contributed by atoms with Crippen LogP contribution in [0.25, 0.3) is 0 Å². The van der Waals surface area contributed by atoms with E-state index in [1.165, 1.54) is 17.1 Å². The number of aryl methyl sites for hydroxylation is 1. The Morgan fingerprint density at radius 2 is 2.21 bits per heavy atom. The summed E-state index contributed by atoms with van der Waals surface area (Å²) in [4.78, 5) is 3.87. The predicted octanol–water partition coefficient (Wildman–Crippen LogP) is 1.20. The number of hydrogen-bond donors (Lipinski definition) is 1. The van der Waals surface area contributed by atoms with Crippen molar-refractivity contribution in [2.45, 2.75) is 11.4 Å². The molecule has 0 bridgehead atoms. The van der Waals surface area contributed by atoms with E-state index in [9.17, 15) is 12.8 Å². The molecule has 0 amide bonds. The van der Waals surface area contributed by atoms with Gasteiger partial charge in [0.15, 0.2) is 5.82 Å². The minimum Gasteiger partial charge on any atom is -0.256 e. The third-order valence-electron chi connectivity index (χ3n) is 2.25. The summed E-state index contributed by atoms with van der Waals surface area (Å²) in [7, 11) is -2.07. The summed E-state index contributed by atoms with van der Waals surface area (Å²) in [5.41, 5.74) is 0. The first-order chi connectivity index (χ1) is 8.88. The molecular weight excluding hydrogens is 339 g/mol. The van der Waals surface area contributed by atoms with Gasteiger partial charge < -0.3 is 0 Å². The van der Waals surface area contributed by atoms with Gasteiger partial charge in [0.05, 0.1) is 11.4 Å². The third-order valence-corrected chi connectivity index (χ3v) is 4.63. The van der Waals surface area contributed by atoms with E-state index in [1.54, 1.807) is 7.05 Å². The van der Waals surface area contributed by atoms with Crippen LogP contribution in [0, 0.1) is 5.82 Å². The van der Waals surface area contributed by atoms with Crippen molar-refractivity contribution < 1.29 is 12.8 Å². The molecule has 0 saturated heterocycles. The molecule has 2 aromatic rings. The number of rotatable bonds is 4. The van der Waals surface area contributed by atoms with Crippen molar-refractivity contribution in [1.82, 2.24) is 19.5 Å². The minimum atomic E-state index is -3.75. The zero-order valence-electron chi connectivity index (χ0n) is 9.84. The van der Waals surface area contributed by atoms with Crippen LogP contribution in [0.1, 0.15) is 5.82 Å². The number of nitrogens with one attached hydrogen (secondary N) is 1. The van der Waals surface area contributed by atoms with E-state index < -0.39 is 15.8 Å². The molecule has 102 valence electrons. The van der Waals surface area contributed by atoms with Gasteiger partial charge in [-0.2, -0.15) is 5.10 Å². The Morgan fingerprint density at radius 1 is 1.47 bits per heavy atom. The Labute approximate surface area is 117 Å². The highest BCUT2D eigenvalue weighted by atomic mass is 79.9. The number of sulfonamides is 1. The van der Waals surface area contributed by atoms with Gasteiger partial charge in [-0.1, -0.05) is 0 Å². The first-order valence-electron chi connectivity index (χ1n) is 5.18. The van der Waals surface area contributed by atoms with E-state index in [1.807, 2.05) is 0 Å². The molecule has 9 heteroatoms. The van der Waals surface area contributed by atoms with Crippen LogP contribution >= 0.6 is 15.9 Å². The fourth-order valence-corrected chi connectivity index (χ4v) is 3.42.